The number of likely N-dealkylation sites (N-methyl/N-ethyl adjacent to an activating group) is 2. The number of aliphatic hydroxyl groups is 1. The van der Waals surface area contributed by atoms with Crippen LogP contribution in [0.3, 0.4) is 0 Å². The molecule has 440 valence electrons. The highest BCUT2D eigenvalue weighted by Crippen LogP contribution is 2.43. The lowest BCUT2D eigenvalue weighted by atomic mass is 9.77. The van der Waals surface area contributed by atoms with Gasteiger partial charge in [0.25, 0.3) is 5.91 Å². The summed E-state index contributed by atoms with van der Waals surface area (Å²) in [6, 6.07) is 7.21. The Morgan fingerprint density at radius 3 is 2.34 bits per heavy atom. The number of cyclic esters (lactones) is 1. The van der Waals surface area contributed by atoms with Gasteiger partial charge < -0.3 is 58.4 Å². The molecule has 14 atom stereocenters. The summed E-state index contributed by atoms with van der Waals surface area (Å²) in [5, 5.41) is 12.1. The Bertz CT molecular complexity index is 2790. The van der Waals surface area contributed by atoms with E-state index in [0.29, 0.717) is 56.0 Å². The van der Waals surface area contributed by atoms with Crippen molar-refractivity contribution >= 4 is 46.6 Å². The number of anilines is 1. The third-order valence-corrected chi connectivity index (χ3v) is 17.2. The first-order valence-corrected chi connectivity index (χ1v) is 28.2. The van der Waals surface area contributed by atoms with Crippen LogP contribution in [0, 0.1) is 23.6 Å². The van der Waals surface area contributed by atoms with Crippen LogP contribution in [0.1, 0.15) is 116 Å². The molecule has 5 fully saturated rings. The van der Waals surface area contributed by atoms with E-state index in [1.165, 1.54) is 12.3 Å². The first-order valence-electron chi connectivity index (χ1n) is 28.2. The zero-order valence-electron chi connectivity index (χ0n) is 48.1. The molecule has 8 rings (SSSR count). The highest BCUT2D eigenvalue weighted by atomic mass is 19.1. The van der Waals surface area contributed by atoms with E-state index in [1.807, 2.05) is 68.1 Å². The Morgan fingerprint density at radius 2 is 1.70 bits per heavy atom. The van der Waals surface area contributed by atoms with Gasteiger partial charge in [-0.3, -0.25) is 38.8 Å². The predicted octanol–water partition coefficient (Wildman–Crippen LogP) is 5.00. The zero-order chi connectivity index (χ0) is 58.1. The topological polar surface area (TPSA) is 244 Å². The molecule has 22 heteroatoms. The van der Waals surface area contributed by atoms with E-state index in [-0.39, 0.29) is 61.2 Å². The number of nitrogens with zero attached hydrogens (tertiary/aromatic N) is 6. The smallest absolute Gasteiger partial charge is 0.461 e. The molecular weight excluding hydrogens is 1040 g/mol. The molecule has 1 aliphatic carbocycles. The number of primary amides is 1. The van der Waals surface area contributed by atoms with Gasteiger partial charge in [0, 0.05) is 81.1 Å². The minimum atomic E-state index is -1.58. The summed E-state index contributed by atoms with van der Waals surface area (Å²) < 4.78 is 62.5. The lowest BCUT2D eigenvalue weighted by molar-refractivity contribution is -0.301. The quantitative estimate of drug-likeness (QED) is 0.159. The van der Waals surface area contributed by atoms with Crippen LogP contribution in [-0.4, -0.2) is 186 Å². The molecule has 21 nitrogen and oxygen atoms in total. The van der Waals surface area contributed by atoms with Gasteiger partial charge in [-0.15, -0.1) is 0 Å². The van der Waals surface area contributed by atoms with Gasteiger partial charge in [0.1, 0.15) is 41.4 Å². The molecule has 6 heterocycles. The highest BCUT2D eigenvalue weighted by molar-refractivity contribution is 5.97. The molecule has 5 aliphatic rings. The van der Waals surface area contributed by atoms with Crippen LogP contribution in [0.25, 0.3) is 10.9 Å². The maximum atomic E-state index is 16.0. The Morgan fingerprint density at radius 1 is 0.988 bits per heavy atom. The Kier molecular flexibility index (Phi) is 18.7. The minimum Gasteiger partial charge on any atom is -0.461 e. The number of ether oxygens (including phenoxy) is 7. The molecule has 4 saturated heterocycles. The van der Waals surface area contributed by atoms with Gasteiger partial charge in [0.15, 0.2) is 18.0 Å². The SMILES string of the molecule is CC[C@H]1OC(=O)[C@H](C)[C@@H](OC(=O)Cc2ccccn2)[C@H](C)[C@@H](O[C@@H]2O[C@H](C)C[C@H](N(C)C)[C@H]2O)[C@](C)(OC(=O)CCN2CCN(c3cc4c(cc3F)c(=O)c(C(N)=O)cn4C3CC3)CC2)C[C@@H](C)CN(C)[C@H](C)[C@H]2OC(=O)O[C@@]21C. The van der Waals surface area contributed by atoms with E-state index in [4.69, 9.17) is 38.9 Å². The zero-order valence-corrected chi connectivity index (χ0v) is 48.1. The van der Waals surface area contributed by atoms with Gasteiger partial charge >= 0.3 is 24.1 Å². The van der Waals surface area contributed by atoms with Crippen molar-refractivity contribution in [1.29, 1.82) is 0 Å². The van der Waals surface area contributed by atoms with Gasteiger partial charge in [-0.1, -0.05) is 26.8 Å². The van der Waals surface area contributed by atoms with Crippen molar-refractivity contribution in [2.24, 2.45) is 23.5 Å². The van der Waals surface area contributed by atoms with Crippen molar-refractivity contribution < 1.29 is 66.6 Å². The summed E-state index contributed by atoms with van der Waals surface area (Å²) in [5.41, 5.74) is 3.02. The average Bonchev–Trinajstić information content (AvgIpc) is 4.30. The fourth-order valence-corrected chi connectivity index (χ4v) is 12.7. The maximum Gasteiger partial charge on any atom is 0.509 e. The number of benzene rings is 1. The summed E-state index contributed by atoms with van der Waals surface area (Å²) in [5.74, 6) is -5.97. The molecule has 0 unspecified atom stereocenters. The van der Waals surface area contributed by atoms with E-state index in [2.05, 4.69) is 9.88 Å². The van der Waals surface area contributed by atoms with E-state index < -0.39 is 113 Å². The van der Waals surface area contributed by atoms with E-state index in [1.54, 1.807) is 58.2 Å². The van der Waals surface area contributed by atoms with E-state index in [9.17, 15) is 33.9 Å². The second-order valence-corrected chi connectivity index (χ2v) is 23.7. The fourth-order valence-electron chi connectivity index (χ4n) is 12.7. The molecule has 0 radical (unpaired) electrons. The number of carbonyl (C=O) groups excluding carboxylic acids is 5. The van der Waals surface area contributed by atoms with E-state index in [0.717, 1.165) is 12.8 Å². The number of halogens is 1. The Balaban J connectivity index is 1.10. The summed E-state index contributed by atoms with van der Waals surface area (Å²) in [7, 11) is 5.59. The van der Waals surface area contributed by atoms with Crippen molar-refractivity contribution in [3.63, 3.8) is 0 Å². The van der Waals surface area contributed by atoms with Crippen molar-refractivity contribution in [3.05, 3.63) is 70.0 Å². The molecule has 4 aliphatic heterocycles. The molecule has 0 bridgehead atoms. The van der Waals surface area contributed by atoms with Crippen LogP contribution in [-0.2, 0) is 54.0 Å². The number of aliphatic hydroxyl groups excluding tert-OH is 1. The van der Waals surface area contributed by atoms with Crippen molar-refractivity contribution in [1.82, 2.24) is 24.3 Å². The average molecular weight is 1120 g/mol. The Labute approximate surface area is 467 Å². The molecule has 1 amide bonds. The number of aromatic nitrogens is 2. The van der Waals surface area contributed by atoms with Crippen LogP contribution in [0.2, 0.25) is 0 Å². The summed E-state index contributed by atoms with van der Waals surface area (Å²) in [6.45, 7) is 16.7. The van der Waals surface area contributed by atoms with E-state index >= 15 is 4.39 Å². The van der Waals surface area contributed by atoms with Crippen molar-refractivity contribution in [3.8, 4) is 0 Å². The molecule has 3 aromatic rings. The molecule has 0 spiro atoms. The summed E-state index contributed by atoms with van der Waals surface area (Å²) in [4.78, 5) is 94.4. The van der Waals surface area contributed by atoms with Crippen LogP contribution in [0.5, 0.6) is 0 Å². The number of hydrogen-bond acceptors (Lipinski definition) is 19. The lowest BCUT2D eigenvalue weighted by Crippen LogP contribution is -2.60. The number of pyridine rings is 2. The van der Waals surface area contributed by atoms with Gasteiger partial charge in [0.2, 0.25) is 5.43 Å². The largest absolute Gasteiger partial charge is 0.509 e. The lowest BCUT2D eigenvalue weighted by Gasteiger charge is -2.48. The normalized spacial score (nSPS) is 33.2. The molecule has 2 aromatic heterocycles. The van der Waals surface area contributed by atoms with Gasteiger partial charge in [-0.25, -0.2) is 9.18 Å². The number of esters is 3. The van der Waals surface area contributed by atoms with Gasteiger partial charge in [0.05, 0.1) is 41.8 Å². The van der Waals surface area contributed by atoms with Crippen LogP contribution in [0.15, 0.2) is 47.5 Å². The summed E-state index contributed by atoms with van der Waals surface area (Å²) >= 11 is 0. The minimum absolute atomic E-state index is 0.0697. The van der Waals surface area contributed by atoms with Crippen LogP contribution in [0.4, 0.5) is 14.9 Å². The monoisotopic (exact) mass is 1120 g/mol. The molecule has 1 saturated carbocycles. The van der Waals surface area contributed by atoms with Crippen LogP contribution >= 0.6 is 0 Å². The number of fused-ring (bicyclic) bond motifs is 2. The number of hydrogen-bond donors (Lipinski definition) is 2. The highest BCUT2D eigenvalue weighted by Gasteiger charge is 2.58. The fraction of sp³-hybridized carbons (Fsp3) is 0.672. The number of piperazine rings is 1. The van der Waals surface area contributed by atoms with Crippen molar-refractivity contribution in [2.45, 2.75) is 173 Å². The Hall–Kier alpha value is -5.78. The second-order valence-electron chi connectivity index (χ2n) is 23.7. The maximum absolute atomic E-state index is 16.0. The first kappa shape index (κ1) is 60.3. The second kappa shape index (κ2) is 24.7. The third-order valence-electron chi connectivity index (χ3n) is 17.2. The first-order chi connectivity index (χ1) is 37.8. The number of nitrogens with two attached hydrogens (primary N) is 1. The summed E-state index contributed by atoms with van der Waals surface area (Å²) in [6.07, 6.45) is -2.82. The van der Waals surface area contributed by atoms with Gasteiger partial charge in [-0.05, 0) is 118 Å². The number of rotatable bonds is 14. The van der Waals surface area contributed by atoms with Gasteiger partial charge in [-0.2, -0.15) is 0 Å². The molecule has 1 aromatic carbocycles. The number of carbonyl (C=O) groups is 5. The standard InChI is InChI=1S/C58H82FN7O14/c1-12-45-58(8)52(78-56(73)80-58)36(6)63(11)30-32(2)29-57(7,79-46(67)18-20-64-21-23-65(24-22-64)43-28-42-39(27-41(43)59)48(69)40(53(60)71)31-66(42)38-16-17-38)51(77-55-49(70)44(62(9)10)25-33(3)74-55)34(4)50(35(5)54(72)75-45)76-47(68)26-37-15-13-14-19-61-37/h13-15,19,27-28,31-36,38,44-45,49-52,55,70H,12,16-18,20-26,29-30H2,1-11H3,(H2,60,71)/t32-,33-,34+,35-,36-,44+,45-,49-,50+,51-,52-,55+,57-,58-/m1/s1. The van der Waals surface area contributed by atoms with Crippen LogP contribution < -0.4 is 16.1 Å². The molecule has 80 heavy (non-hydrogen) atoms. The molecular formula is C58H82FN7O14. The van der Waals surface area contributed by atoms with Crippen molar-refractivity contribution in [2.75, 3.05) is 65.3 Å². The molecule has 3 N–H and O–H groups in total. The number of amides is 1. The predicted molar refractivity (Wildman–Crippen MR) is 292 cm³/mol. The third kappa shape index (κ3) is 13.1.